The first-order valence-electron chi connectivity index (χ1n) is 9.22. The molecule has 0 aromatic heterocycles. The minimum absolute atomic E-state index is 0.0511. The quantitative estimate of drug-likeness (QED) is 0.455. The van der Waals surface area contributed by atoms with E-state index in [1.807, 2.05) is 0 Å². The van der Waals surface area contributed by atoms with E-state index in [1.54, 1.807) is 6.92 Å². The Balaban J connectivity index is 2.04. The monoisotopic (exact) mass is 339 g/mol. The van der Waals surface area contributed by atoms with Gasteiger partial charge >= 0.3 is 5.97 Å². The number of Topliss-reactive ketones (excluding diaryl/α,β-unsaturated/α-hetero) is 1. The number of rotatable bonds is 6. The van der Waals surface area contributed by atoms with Crippen LogP contribution in [0.1, 0.15) is 58.3 Å². The Morgan fingerprint density at radius 2 is 1.67 bits per heavy atom. The molecule has 0 aromatic carbocycles. The normalized spacial score (nSPS) is 21.5. The maximum absolute atomic E-state index is 12.6. The van der Waals surface area contributed by atoms with Crippen molar-refractivity contribution in [1.29, 1.82) is 0 Å². The number of ketones is 1. The fourth-order valence-electron chi connectivity index (χ4n) is 3.59. The van der Waals surface area contributed by atoms with Gasteiger partial charge in [0.2, 0.25) is 5.91 Å². The summed E-state index contributed by atoms with van der Waals surface area (Å²) in [5.74, 6) is -1.69. The van der Waals surface area contributed by atoms with E-state index in [0.717, 1.165) is 38.5 Å². The molecule has 0 spiro atoms. The van der Waals surface area contributed by atoms with E-state index in [4.69, 9.17) is 9.47 Å². The second-order valence-corrected chi connectivity index (χ2v) is 6.71. The number of ether oxygens (including phenoxy) is 2. The highest BCUT2D eigenvalue weighted by atomic mass is 16.5. The van der Waals surface area contributed by atoms with Crippen LogP contribution < -0.4 is 5.32 Å². The first-order chi connectivity index (χ1) is 11.6. The standard InChI is InChI=1S/C18H29NO5/c1-2-24-18(22)16(20)15(13-9-11-23-12-10-13)19-17(21)14-7-5-3-4-6-8-14/h13-15H,2-12H2,1H3,(H,19,21). The van der Waals surface area contributed by atoms with Gasteiger partial charge in [0.25, 0.3) is 5.78 Å². The highest BCUT2D eigenvalue weighted by molar-refractivity contribution is 6.36. The van der Waals surface area contributed by atoms with E-state index < -0.39 is 17.8 Å². The second kappa shape index (κ2) is 9.77. The number of hydrogen-bond donors (Lipinski definition) is 1. The van der Waals surface area contributed by atoms with Gasteiger partial charge in [-0.25, -0.2) is 4.79 Å². The lowest BCUT2D eigenvalue weighted by Crippen LogP contribution is -2.51. The maximum atomic E-state index is 12.6. The molecule has 1 atom stereocenters. The van der Waals surface area contributed by atoms with Gasteiger partial charge in [-0.05, 0) is 38.5 Å². The number of nitrogens with one attached hydrogen (secondary N) is 1. The Morgan fingerprint density at radius 1 is 1.04 bits per heavy atom. The summed E-state index contributed by atoms with van der Waals surface area (Å²) in [5, 5.41) is 2.88. The molecular weight excluding hydrogens is 310 g/mol. The molecule has 2 rings (SSSR count). The Morgan fingerprint density at radius 3 is 2.25 bits per heavy atom. The summed E-state index contributed by atoms with van der Waals surface area (Å²) in [6.07, 6.45) is 7.48. The van der Waals surface area contributed by atoms with Crippen LogP contribution in [0.2, 0.25) is 0 Å². The molecule has 1 saturated carbocycles. The Kier molecular flexibility index (Phi) is 7.69. The van der Waals surface area contributed by atoms with Gasteiger partial charge in [0, 0.05) is 19.1 Å². The minimum atomic E-state index is -0.852. The summed E-state index contributed by atoms with van der Waals surface area (Å²) in [5.41, 5.74) is 0. The number of esters is 1. The molecule has 1 heterocycles. The summed E-state index contributed by atoms with van der Waals surface area (Å²) < 4.78 is 10.2. The number of carbonyl (C=O) groups is 3. The largest absolute Gasteiger partial charge is 0.460 e. The van der Waals surface area contributed by atoms with Crippen LogP contribution in [0.4, 0.5) is 0 Å². The van der Waals surface area contributed by atoms with Crippen LogP contribution in [0, 0.1) is 11.8 Å². The number of hydrogen-bond acceptors (Lipinski definition) is 5. The molecule has 0 aromatic rings. The van der Waals surface area contributed by atoms with Crippen LogP contribution in [-0.4, -0.2) is 43.5 Å². The molecule has 1 aliphatic carbocycles. The van der Waals surface area contributed by atoms with Gasteiger partial charge in [-0.3, -0.25) is 9.59 Å². The molecule has 1 unspecified atom stereocenters. The van der Waals surface area contributed by atoms with Crippen molar-refractivity contribution in [2.45, 2.75) is 64.3 Å². The van der Waals surface area contributed by atoms with Crippen molar-refractivity contribution in [1.82, 2.24) is 5.32 Å². The lowest BCUT2D eigenvalue weighted by Gasteiger charge is -2.30. The average Bonchev–Trinajstić information content (AvgIpc) is 2.89. The van der Waals surface area contributed by atoms with E-state index >= 15 is 0 Å². The van der Waals surface area contributed by atoms with Gasteiger partial charge in [0.05, 0.1) is 6.61 Å². The molecule has 0 bridgehead atoms. The topological polar surface area (TPSA) is 81.7 Å². The molecule has 1 aliphatic heterocycles. The Labute approximate surface area is 143 Å². The summed E-state index contributed by atoms with van der Waals surface area (Å²) in [6, 6.07) is -0.788. The van der Waals surface area contributed by atoms with Crippen molar-refractivity contribution in [2.75, 3.05) is 19.8 Å². The van der Waals surface area contributed by atoms with E-state index in [0.29, 0.717) is 26.1 Å². The van der Waals surface area contributed by atoms with Crippen molar-refractivity contribution >= 4 is 17.7 Å². The summed E-state index contributed by atoms with van der Waals surface area (Å²) in [7, 11) is 0. The van der Waals surface area contributed by atoms with Crippen LogP contribution in [0.25, 0.3) is 0 Å². The zero-order valence-corrected chi connectivity index (χ0v) is 14.6. The smallest absolute Gasteiger partial charge is 0.376 e. The predicted molar refractivity (Wildman–Crippen MR) is 88.3 cm³/mol. The first-order valence-corrected chi connectivity index (χ1v) is 9.22. The Bertz CT molecular complexity index is 437. The van der Waals surface area contributed by atoms with E-state index in [1.165, 1.54) is 0 Å². The molecule has 2 fully saturated rings. The third-order valence-corrected chi connectivity index (χ3v) is 5.02. The van der Waals surface area contributed by atoms with Crippen LogP contribution in [-0.2, 0) is 23.9 Å². The fourth-order valence-corrected chi connectivity index (χ4v) is 3.59. The van der Waals surface area contributed by atoms with Crippen LogP contribution >= 0.6 is 0 Å². The molecule has 1 N–H and O–H groups in total. The molecule has 24 heavy (non-hydrogen) atoms. The van der Waals surface area contributed by atoms with Crippen molar-refractivity contribution < 1.29 is 23.9 Å². The maximum Gasteiger partial charge on any atom is 0.376 e. The summed E-state index contributed by atoms with van der Waals surface area (Å²) in [6.45, 7) is 2.92. The van der Waals surface area contributed by atoms with Gasteiger partial charge in [-0.1, -0.05) is 25.7 Å². The van der Waals surface area contributed by atoms with Crippen LogP contribution in [0.3, 0.4) is 0 Å². The van der Waals surface area contributed by atoms with Gasteiger partial charge < -0.3 is 14.8 Å². The summed E-state index contributed by atoms with van der Waals surface area (Å²) in [4.78, 5) is 37.0. The molecule has 6 heteroatoms. The van der Waals surface area contributed by atoms with E-state index in [2.05, 4.69) is 5.32 Å². The van der Waals surface area contributed by atoms with E-state index in [-0.39, 0.29) is 24.3 Å². The van der Waals surface area contributed by atoms with E-state index in [9.17, 15) is 14.4 Å². The lowest BCUT2D eigenvalue weighted by atomic mass is 9.88. The number of carbonyl (C=O) groups excluding carboxylic acids is 3. The second-order valence-electron chi connectivity index (χ2n) is 6.71. The average molecular weight is 339 g/mol. The molecule has 2 aliphatic rings. The SMILES string of the molecule is CCOC(=O)C(=O)C(NC(=O)C1CCCCCC1)C1CCOCC1. The molecular formula is C18H29NO5. The first kappa shape index (κ1) is 18.9. The zero-order valence-electron chi connectivity index (χ0n) is 14.6. The minimum Gasteiger partial charge on any atom is -0.460 e. The van der Waals surface area contributed by atoms with Crippen molar-refractivity contribution in [2.24, 2.45) is 11.8 Å². The highest BCUT2D eigenvalue weighted by Crippen LogP contribution is 2.25. The molecule has 0 radical (unpaired) electrons. The van der Waals surface area contributed by atoms with Crippen molar-refractivity contribution in [3.05, 3.63) is 0 Å². The van der Waals surface area contributed by atoms with Crippen LogP contribution in [0.15, 0.2) is 0 Å². The predicted octanol–water partition coefficient (Wildman–Crippen LogP) is 2.00. The van der Waals surface area contributed by atoms with Gasteiger partial charge in [-0.2, -0.15) is 0 Å². The highest BCUT2D eigenvalue weighted by Gasteiger charge is 2.36. The van der Waals surface area contributed by atoms with Gasteiger partial charge in [-0.15, -0.1) is 0 Å². The Hall–Kier alpha value is -1.43. The molecule has 1 saturated heterocycles. The molecule has 6 nitrogen and oxygen atoms in total. The lowest BCUT2D eigenvalue weighted by molar-refractivity contribution is -0.156. The molecule has 136 valence electrons. The van der Waals surface area contributed by atoms with Crippen LogP contribution in [0.5, 0.6) is 0 Å². The third-order valence-electron chi connectivity index (χ3n) is 5.02. The third kappa shape index (κ3) is 5.30. The summed E-state index contributed by atoms with van der Waals surface area (Å²) >= 11 is 0. The number of amides is 1. The van der Waals surface area contributed by atoms with Crippen molar-refractivity contribution in [3.63, 3.8) is 0 Å². The zero-order chi connectivity index (χ0) is 17.4. The van der Waals surface area contributed by atoms with Gasteiger partial charge in [0.1, 0.15) is 6.04 Å². The van der Waals surface area contributed by atoms with Gasteiger partial charge in [0.15, 0.2) is 0 Å². The fraction of sp³-hybridized carbons (Fsp3) is 0.833. The van der Waals surface area contributed by atoms with Crippen molar-refractivity contribution in [3.8, 4) is 0 Å². The molecule has 1 amide bonds.